The number of hydrogen-bond acceptors (Lipinski definition) is 5. The van der Waals surface area contributed by atoms with E-state index in [1.165, 1.54) is 16.9 Å². The molecule has 0 saturated carbocycles. The lowest BCUT2D eigenvalue weighted by Gasteiger charge is -2.10. The van der Waals surface area contributed by atoms with Crippen LogP contribution >= 0.6 is 23.7 Å². The van der Waals surface area contributed by atoms with Gasteiger partial charge in [0.1, 0.15) is 4.83 Å². The Morgan fingerprint density at radius 1 is 1.32 bits per heavy atom. The number of nitrogens with one attached hydrogen (secondary N) is 2. The van der Waals surface area contributed by atoms with E-state index in [4.69, 9.17) is 0 Å². The first-order chi connectivity index (χ1) is 11.7. The molecular weight excluding hydrogens is 360 g/mol. The fourth-order valence-corrected chi connectivity index (χ4v) is 4.34. The summed E-state index contributed by atoms with van der Waals surface area (Å²) in [4.78, 5) is 31.2. The third kappa shape index (κ3) is 4.59. The van der Waals surface area contributed by atoms with Crippen LogP contribution < -0.4 is 16.2 Å². The molecule has 1 amide bonds. The Kier molecular flexibility index (Phi) is 7.40. The third-order valence-corrected chi connectivity index (χ3v) is 5.60. The molecule has 0 bridgehead atoms. The zero-order valence-corrected chi connectivity index (χ0v) is 16.1. The Labute approximate surface area is 157 Å². The lowest BCUT2D eigenvalue weighted by Crippen LogP contribution is -2.33. The number of rotatable bonds is 7. The number of halogens is 1. The van der Waals surface area contributed by atoms with Crippen molar-refractivity contribution in [1.29, 1.82) is 0 Å². The molecule has 2 heterocycles. The minimum Gasteiger partial charge on any atom is -0.355 e. The van der Waals surface area contributed by atoms with Crippen LogP contribution in [0.25, 0.3) is 10.2 Å². The summed E-state index contributed by atoms with van der Waals surface area (Å²) in [6, 6.07) is 0. The van der Waals surface area contributed by atoms with Gasteiger partial charge in [-0.3, -0.25) is 14.2 Å². The SMILES string of the molecule is CCNCCNC(=O)CCn1cnc2sc3c(c2c1=O)CCCC3.Cl. The second-order valence-electron chi connectivity index (χ2n) is 6.09. The fourth-order valence-electron chi connectivity index (χ4n) is 3.12. The van der Waals surface area contributed by atoms with Crippen LogP contribution in [0.1, 0.15) is 36.6 Å². The maximum Gasteiger partial charge on any atom is 0.262 e. The smallest absolute Gasteiger partial charge is 0.262 e. The second kappa shape index (κ2) is 9.31. The molecule has 1 aliphatic carbocycles. The Morgan fingerprint density at radius 3 is 2.92 bits per heavy atom. The highest BCUT2D eigenvalue weighted by Crippen LogP contribution is 2.33. The van der Waals surface area contributed by atoms with Crippen molar-refractivity contribution in [2.45, 2.75) is 45.6 Å². The predicted molar refractivity (Wildman–Crippen MR) is 104 cm³/mol. The quantitative estimate of drug-likeness (QED) is 0.714. The number of carbonyl (C=O) groups is 1. The van der Waals surface area contributed by atoms with Gasteiger partial charge in [-0.1, -0.05) is 6.92 Å². The molecule has 6 nitrogen and oxygen atoms in total. The lowest BCUT2D eigenvalue weighted by molar-refractivity contribution is -0.121. The van der Waals surface area contributed by atoms with Crippen LogP contribution in [0.15, 0.2) is 11.1 Å². The number of amides is 1. The molecule has 0 unspecified atom stereocenters. The van der Waals surface area contributed by atoms with Crippen molar-refractivity contribution in [1.82, 2.24) is 20.2 Å². The molecule has 2 aromatic heterocycles. The zero-order chi connectivity index (χ0) is 16.9. The fraction of sp³-hybridized carbons (Fsp3) is 0.588. The largest absolute Gasteiger partial charge is 0.355 e. The molecule has 8 heteroatoms. The lowest BCUT2D eigenvalue weighted by atomic mass is 9.97. The second-order valence-corrected chi connectivity index (χ2v) is 7.17. The van der Waals surface area contributed by atoms with E-state index in [0.29, 0.717) is 19.5 Å². The number of nitrogens with zero attached hydrogens (tertiary/aromatic N) is 2. The van der Waals surface area contributed by atoms with Crippen molar-refractivity contribution < 1.29 is 4.79 Å². The molecule has 0 atom stereocenters. The number of aromatic nitrogens is 2. The summed E-state index contributed by atoms with van der Waals surface area (Å²) in [5.41, 5.74) is 1.20. The van der Waals surface area contributed by atoms with Crippen molar-refractivity contribution >= 4 is 39.9 Å². The minimum atomic E-state index is -0.0350. The molecule has 0 radical (unpaired) electrons. The van der Waals surface area contributed by atoms with Gasteiger partial charge in [0, 0.05) is 30.9 Å². The molecule has 0 spiro atoms. The molecule has 2 aromatic rings. The highest BCUT2D eigenvalue weighted by molar-refractivity contribution is 7.18. The van der Waals surface area contributed by atoms with E-state index in [2.05, 4.69) is 15.6 Å². The molecule has 25 heavy (non-hydrogen) atoms. The van der Waals surface area contributed by atoms with Crippen molar-refractivity contribution in [2.24, 2.45) is 0 Å². The topological polar surface area (TPSA) is 76.0 Å². The van der Waals surface area contributed by atoms with Crippen LogP contribution in [0.4, 0.5) is 0 Å². The molecule has 1 aliphatic rings. The van der Waals surface area contributed by atoms with E-state index in [1.54, 1.807) is 22.2 Å². The molecule has 3 rings (SSSR count). The van der Waals surface area contributed by atoms with Crippen LogP contribution in [0.2, 0.25) is 0 Å². The normalized spacial score (nSPS) is 13.3. The average molecular weight is 385 g/mol. The Morgan fingerprint density at radius 2 is 2.12 bits per heavy atom. The van der Waals surface area contributed by atoms with Crippen LogP contribution in [0, 0.1) is 0 Å². The predicted octanol–water partition coefficient (Wildman–Crippen LogP) is 1.87. The summed E-state index contributed by atoms with van der Waals surface area (Å²) in [5.74, 6) is -0.0350. The maximum atomic E-state index is 12.8. The summed E-state index contributed by atoms with van der Waals surface area (Å²) in [6.45, 7) is 4.66. The van der Waals surface area contributed by atoms with Gasteiger partial charge in [0.05, 0.1) is 11.7 Å². The molecule has 0 aromatic carbocycles. The monoisotopic (exact) mass is 384 g/mol. The highest BCUT2D eigenvalue weighted by Gasteiger charge is 2.19. The Hall–Kier alpha value is -1.44. The number of carbonyl (C=O) groups excluding carboxylic acids is 1. The van der Waals surface area contributed by atoms with Gasteiger partial charge in [-0.2, -0.15) is 0 Å². The van der Waals surface area contributed by atoms with Crippen molar-refractivity contribution in [3.05, 3.63) is 27.1 Å². The number of aryl methyl sites for hydroxylation is 3. The van der Waals surface area contributed by atoms with Crippen LogP contribution in [-0.4, -0.2) is 35.1 Å². The summed E-state index contributed by atoms with van der Waals surface area (Å²) >= 11 is 1.65. The van der Waals surface area contributed by atoms with Crippen molar-refractivity contribution in [3.8, 4) is 0 Å². The minimum absolute atomic E-state index is 0. The molecule has 0 aliphatic heterocycles. The van der Waals surface area contributed by atoms with Crippen LogP contribution in [0.5, 0.6) is 0 Å². The van der Waals surface area contributed by atoms with E-state index < -0.39 is 0 Å². The number of fused-ring (bicyclic) bond motifs is 3. The summed E-state index contributed by atoms with van der Waals surface area (Å²) < 4.78 is 1.58. The van der Waals surface area contributed by atoms with Gasteiger partial charge in [-0.25, -0.2) is 4.98 Å². The molecule has 138 valence electrons. The first kappa shape index (κ1) is 19.9. The summed E-state index contributed by atoms with van der Waals surface area (Å²) in [5, 5.41) is 6.79. The Bertz CT molecular complexity index is 787. The van der Waals surface area contributed by atoms with Gasteiger partial charge < -0.3 is 10.6 Å². The first-order valence-corrected chi connectivity index (χ1v) is 9.49. The van der Waals surface area contributed by atoms with Crippen LogP contribution in [-0.2, 0) is 24.2 Å². The first-order valence-electron chi connectivity index (χ1n) is 8.67. The summed E-state index contributed by atoms with van der Waals surface area (Å²) in [7, 11) is 0. The van der Waals surface area contributed by atoms with Gasteiger partial charge in [0.2, 0.25) is 5.91 Å². The standard InChI is InChI=1S/C17H24N4O2S.ClH/c1-2-18-8-9-19-14(22)7-10-21-11-20-16-15(17(21)23)12-5-3-4-6-13(12)24-16;/h11,18H,2-10H2,1H3,(H,19,22);1H. The Balaban J connectivity index is 0.00000225. The molecule has 0 saturated heterocycles. The van der Waals surface area contributed by atoms with E-state index in [1.807, 2.05) is 6.92 Å². The zero-order valence-electron chi connectivity index (χ0n) is 14.5. The third-order valence-electron chi connectivity index (χ3n) is 4.40. The van der Waals surface area contributed by atoms with Gasteiger partial charge in [0.15, 0.2) is 0 Å². The van der Waals surface area contributed by atoms with Gasteiger partial charge in [-0.05, 0) is 37.8 Å². The van der Waals surface area contributed by atoms with E-state index in [-0.39, 0.29) is 23.9 Å². The van der Waals surface area contributed by atoms with E-state index in [9.17, 15) is 9.59 Å². The number of hydrogen-bond donors (Lipinski definition) is 2. The molecule has 2 N–H and O–H groups in total. The summed E-state index contributed by atoms with van der Waals surface area (Å²) in [6.07, 6.45) is 6.25. The van der Waals surface area contributed by atoms with Crippen molar-refractivity contribution in [2.75, 3.05) is 19.6 Å². The van der Waals surface area contributed by atoms with E-state index in [0.717, 1.165) is 42.6 Å². The van der Waals surface area contributed by atoms with Crippen LogP contribution in [0.3, 0.4) is 0 Å². The molecular formula is C17H25ClN4O2S. The number of thiophene rings is 1. The van der Waals surface area contributed by atoms with Crippen molar-refractivity contribution in [3.63, 3.8) is 0 Å². The highest BCUT2D eigenvalue weighted by atomic mass is 35.5. The average Bonchev–Trinajstić information content (AvgIpc) is 2.97. The van der Waals surface area contributed by atoms with Gasteiger partial charge in [-0.15, -0.1) is 23.7 Å². The molecule has 0 fully saturated rings. The van der Waals surface area contributed by atoms with E-state index >= 15 is 0 Å². The maximum absolute atomic E-state index is 12.8. The van der Waals surface area contributed by atoms with Gasteiger partial charge >= 0.3 is 0 Å². The van der Waals surface area contributed by atoms with Gasteiger partial charge in [0.25, 0.3) is 5.56 Å². The number of likely N-dealkylation sites (N-methyl/N-ethyl adjacent to an activating group) is 1.